The Kier molecular flexibility index (Phi) is 7.70. The Morgan fingerprint density at radius 1 is 1.31 bits per heavy atom. The average molecular weight is 399 g/mol. The molecule has 0 bridgehead atoms. The summed E-state index contributed by atoms with van der Waals surface area (Å²) in [4.78, 5) is 11.8. The molecule has 0 aromatic heterocycles. The molecule has 1 aliphatic rings. The number of hydrogen-bond donors (Lipinski definition) is 2. The fraction of sp³-hybridized carbons (Fsp3) is 0.560. The fourth-order valence-corrected chi connectivity index (χ4v) is 3.89. The maximum atomic E-state index is 11.8. The highest BCUT2D eigenvalue weighted by molar-refractivity contribution is 5.67. The molecule has 0 spiro atoms. The van der Waals surface area contributed by atoms with Crippen molar-refractivity contribution < 1.29 is 9.53 Å². The Labute approximate surface area is 176 Å². The van der Waals surface area contributed by atoms with Gasteiger partial charge in [0.15, 0.2) is 0 Å². The minimum Gasteiger partial charge on any atom is -0.444 e. The molecular formula is C25H38N2O2. The SMILES string of the molecule is CC1=C(/C=C/c2cccc(C(N)CCNC(=O)OC(C)(C)C)c2)C(C)(C)CCC1. The van der Waals surface area contributed by atoms with Crippen LogP contribution in [0.4, 0.5) is 4.79 Å². The Morgan fingerprint density at radius 3 is 2.69 bits per heavy atom. The van der Waals surface area contributed by atoms with E-state index in [1.165, 1.54) is 30.4 Å². The molecule has 4 nitrogen and oxygen atoms in total. The second-order valence-electron chi connectivity index (χ2n) is 9.76. The van der Waals surface area contributed by atoms with Crippen molar-refractivity contribution in [2.24, 2.45) is 11.1 Å². The number of carbonyl (C=O) groups excluding carboxylic acids is 1. The van der Waals surface area contributed by atoms with Gasteiger partial charge in [-0.1, -0.05) is 55.8 Å². The third-order valence-corrected chi connectivity index (χ3v) is 5.45. The molecule has 0 fully saturated rings. The molecule has 1 aromatic carbocycles. The van der Waals surface area contributed by atoms with Crippen molar-refractivity contribution in [3.63, 3.8) is 0 Å². The lowest BCUT2D eigenvalue weighted by molar-refractivity contribution is 0.0526. The maximum Gasteiger partial charge on any atom is 0.407 e. The molecule has 29 heavy (non-hydrogen) atoms. The van der Waals surface area contributed by atoms with Crippen molar-refractivity contribution in [3.8, 4) is 0 Å². The van der Waals surface area contributed by atoms with Crippen LogP contribution in [0.2, 0.25) is 0 Å². The molecule has 0 radical (unpaired) electrons. The number of rotatable bonds is 6. The largest absolute Gasteiger partial charge is 0.444 e. The van der Waals surface area contributed by atoms with E-state index >= 15 is 0 Å². The van der Waals surface area contributed by atoms with Gasteiger partial charge in [-0.3, -0.25) is 0 Å². The van der Waals surface area contributed by atoms with Gasteiger partial charge in [-0.25, -0.2) is 4.79 Å². The zero-order valence-electron chi connectivity index (χ0n) is 19.0. The molecular weight excluding hydrogens is 360 g/mol. The van der Waals surface area contributed by atoms with Crippen molar-refractivity contribution in [2.75, 3.05) is 6.54 Å². The van der Waals surface area contributed by atoms with Crippen LogP contribution in [0, 0.1) is 5.41 Å². The first-order valence-electron chi connectivity index (χ1n) is 10.7. The van der Waals surface area contributed by atoms with Crippen molar-refractivity contribution in [3.05, 3.63) is 52.6 Å². The third kappa shape index (κ3) is 7.36. The Bertz CT molecular complexity index is 769. The average Bonchev–Trinajstić information content (AvgIpc) is 2.59. The van der Waals surface area contributed by atoms with Crippen LogP contribution in [-0.2, 0) is 4.74 Å². The number of nitrogens with two attached hydrogens (primary N) is 1. The van der Waals surface area contributed by atoms with E-state index in [0.29, 0.717) is 13.0 Å². The zero-order chi connectivity index (χ0) is 21.7. The first kappa shape index (κ1) is 23.2. The van der Waals surface area contributed by atoms with Crippen molar-refractivity contribution in [1.29, 1.82) is 0 Å². The summed E-state index contributed by atoms with van der Waals surface area (Å²) in [5.74, 6) is 0. The Morgan fingerprint density at radius 2 is 2.03 bits per heavy atom. The van der Waals surface area contributed by atoms with E-state index in [9.17, 15) is 4.79 Å². The summed E-state index contributed by atoms with van der Waals surface area (Å²) in [7, 11) is 0. The van der Waals surface area contributed by atoms with Gasteiger partial charge in [-0.05, 0) is 75.5 Å². The van der Waals surface area contributed by atoms with Crippen LogP contribution >= 0.6 is 0 Å². The lowest BCUT2D eigenvalue weighted by atomic mass is 9.72. The summed E-state index contributed by atoms with van der Waals surface area (Å²) in [5.41, 5.74) is 11.3. The Balaban J connectivity index is 1.97. The van der Waals surface area contributed by atoms with E-state index in [-0.39, 0.29) is 11.5 Å². The lowest BCUT2D eigenvalue weighted by Crippen LogP contribution is -2.34. The molecule has 0 saturated heterocycles. The van der Waals surface area contributed by atoms with E-state index in [1.807, 2.05) is 32.9 Å². The van der Waals surface area contributed by atoms with E-state index in [4.69, 9.17) is 10.5 Å². The van der Waals surface area contributed by atoms with Gasteiger partial charge in [0.25, 0.3) is 0 Å². The number of ether oxygens (including phenoxy) is 1. The summed E-state index contributed by atoms with van der Waals surface area (Å²) >= 11 is 0. The van der Waals surface area contributed by atoms with E-state index in [1.54, 1.807) is 0 Å². The second kappa shape index (κ2) is 9.62. The number of carbonyl (C=O) groups is 1. The summed E-state index contributed by atoms with van der Waals surface area (Å²) in [5, 5.41) is 2.78. The molecule has 1 unspecified atom stereocenters. The number of alkyl carbamates (subject to hydrolysis) is 1. The third-order valence-electron chi connectivity index (χ3n) is 5.45. The zero-order valence-corrected chi connectivity index (χ0v) is 19.0. The highest BCUT2D eigenvalue weighted by Crippen LogP contribution is 2.41. The van der Waals surface area contributed by atoms with Crippen LogP contribution in [0.15, 0.2) is 41.5 Å². The highest BCUT2D eigenvalue weighted by Gasteiger charge is 2.26. The Hall–Kier alpha value is -2.07. The van der Waals surface area contributed by atoms with E-state index in [0.717, 1.165) is 11.1 Å². The molecule has 1 aliphatic carbocycles. The number of allylic oxidation sites excluding steroid dienone is 3. The maximum absolute atomic E-state index is 11.8. The predicted molar refractivity (Wildman–Crippen MR) is 122 cm³/mol. The van der Waals surface area contributed by atoms with Crippen LogP contribution in [-0.4, -0.2) is 18.2 Å². The molecule has 3 N–H and O–H groups in total. The van der Waals surface area contributed by atoms with E-state index in [2.05, 4.69) is 50.4 Å². The molecule has 1 atom stereocenters. The van der Waals surface area contributed by atoms with Gasteiger partial charge in [-0.15, -0.1) is 0 Å². The topological polar surface area (TPSA) is 64.3 Å². The molecule has 0 saturated carbocycles. The molecule has 0 heterocycles. The second-order valence-corrected chi connectivity index (χ2v) is 9.76. The molecule has 2 rings (SSSR count). The standard InChI is InChI=1S/C25H38N2O2/c1-18-9-8-15-25(5,6)21(18)13-12-19-10-7-11-20(17-19)22(26)14-16-27-23(28)29-24(2,3)4/h7,10-13,17,22H,8-9,14-16,26H2,1-6H3,(H,27,28)/b13-12+. The van der Waals surface area contributed by atoms with Gasteiger partial charge in [-0.2, -0.15) is 0 Å². The number of benzene rings is 1. The number of nitrogens with one attached hydrogen (secondary N) is 1. The van der Waals surface area contributed by atoms with Crippen molar-refractivity contribution in [2.45, 2.75) is 78.9 Å². The van der Waals surface area contributed by atoms with Crippen LogP contribution in [0.3, 0.4) is 0 Å². The van der Waals surface area contributed by atoms with Crippen LogP contribution in [0.1, 0.15) is 84.4 Å². The first-order valence-corrected chi connectivity index (χ1v) is 10.7. The van der Waals surface area contributed by atoms with Gasteiger partial charge < -0.3 is 15.8 Å². The van der Waals surface area contributed by atoms with Crippen molar-refractivity contribution in [1.82, 2.24) is 5.32 Å². The predicted octanol–water partition coefficient (Wildman–Crippen LogP) is 6.14. The van der Waals surface area contributed by atoms with Gasteiger partial charge >= 0.3 is 6.09 Å². The highest BCUT2D eigenvalue weighted by atomic mass is 16.6. The van der Waals surface area contributed by atoms with Gasteiger partial charge in [0, 0.05) is 12.6 Å². The summed E-state index contributed by atoms with van der Waals surface area (Å²) in [6.45, 7) is 13.0. The molecule has 0 aliphatic heterocycles. The minimum absolute atomic E-state index is 0.134. The molecule has 1 aromatic rings. The lowest BCUT2D eigenvalue weighted by Gasteiger charge is -2.32. The number of amides is 1. The first-order chi connectivity index (χ1) is 13.5. The summed E-state index contributed by atoms with van der Waals surface area (Å²) < 4.78 is 5.26. The van der Waals surface area contributed by atoms with Crippen LogP contribution in [0.25, 0.3) is 6.08 Å². The minimum atomic E-state index is -0.493. The van der Waals surface area contributed by atoms with Gasteiger partial charge in [0.1, 0.15) is 5.60 Å². The summed E-state index contributed by atoms with van der Waals surface area (Å²) in [6.07, 6.45) is 8.43. The quantitative estimate of drug-likeness (QED) is 0.605. The monoisotopic (exact) mass is 398 g/mol. The fourth-order valence-electron chi connectivity index (χ4n) is 3.89. The van der Waals surface area contributed by atoms with Gasteiger partial charge in [0.05, 0.1) is 0 Å². The van der Waals surface area contributed by atoms with Gasteiger partial charge in [0.2, 0.25) is 0 Å². The van der Waals surface area contributed by atoms with Crippen molar-refractivity contribution >= 4 is 12.2 Å². The van der Waals surface area contributed by atoms with Crippen LogP contribution in [0.5, 0.6) is 0 Å². The smallest absolute Gasteiger partial charge is 0.407 e. The van der Waals surface area contributed by atoms with Crippen LogP contribution < -0.4 is 11.1 Å². The van der Waals surface area contributed by atoms with E-state index < -0.39 is 11.7 Å². The number of hydrogen-bond acceptors (Lipinski definition) is 3. The summed E-state index contributed by atoms with van der Waals surface area (Å²) in [6, 6.07) is 8.21. The molecule has 1 amide bonds. The normalized spacial score (nSPS) is 18.0. The molecule has 4 heteroatoms. The molecule has 160 valence electrons.